The van der Waals surface area contributed by atoms with Crippen molar-refractivity contribution in [1.29, 1.82) is 0 Å². The third-order valence-electron chi connectivity index (χ3n) is 5.07. The Balaban J connectivity index is 1.72. The van der Waals surface area contributed by atoms with Gasteiger partial charge in [-0.05, 0) is 61.3 Å². The van der Waals surface area contributed by atoms with Gasteiger partial charge in [-0.15, -0.1) is 0 Å². The second-order valence-electron chi connectivity index (χ2n) is 6.70. The van der Waals surface area contributed by atoms with Crippen LogP contribution in [-0.2, 0) is 16.8 Å². The van der Waals surface area contributed by atoms with Crippen molar-refractivity contribution in [2.45, 2.75) is 38.6 Å². The van der Waals surface area contributed by atoms with E-state index in [4.69, 9.17) is 11.6 Å². The number of halogens is 1. The first-order valence-electron chi connectivity index (χ1n) is 8.96. The first-order valence-corrected chi connectivity index (χ1v) is 9.34. The molecule has 0 aliphatic heterocycles. The standard InChI is InChI=1S/C21H25ClN2O/c1-3-24(4-2)15-16-6-5-7-19(14-16)23-20(25)21(12-13-21)17-8-10-18(22)11-9-17/h5-11,14H,3-4,12-13,15H2,1-2H3,(H,23,25). The maximum absolute atomic E-state index is 12.9. The summed E-state index contributed by atoms with van der Waals surface area (Å²) < 4.78 is 0. The molecule has 0 bridgehead atoms. The number of nitrogens with zero attached hydrogens (tertiary/aromatic N) is 1. The van der Waals surface area contributed by atoms with E-state index < -0.39 is 0 Å². The van der Waals surface area contributed by atoms with Crippen molar-refractivity contribution in [2.24, 2.45) is 0 Å². The van der Waals surface area contributed by atoms with Crippen molar-refractivity contribution < 1.29 is 4.79 Å². The Morgan fingerprint density at radius 2 is 1.80 bits per heavy atom. The molecule has 0 spiro atoms. The minimum atomic E-state index is -0.389. The Morgan fingerprint density at radius 3 is 2.40 bits per heavy atom. The molecule has 1 amide bonds. The van der Waals surface area contributed by atoms with Crippen molar-refractivity contribution >= 4 is 23.2 Å². The van der Waals surface area contributed by atoms with Crippen LogP contribution in [0.1, 0.15) is 37.8 Å². The molecular weight excluding hydrogens is 332 g/mol. The Bertz CT molecular complexity index is 734. The van der Waals surface area contributed by atoms with Gasteiger partial charge in [0, 0.05) is 17.3 Å². The van der Waals surface area contributed by atoms with Gasteiger partial charge in [-0.1, -0.05) is 49.7 Å². The fraction of sp³-hybridized carbons (Fsp3) is 0.381. The van der Waals surface area contributed by atoms with E-state index in [2.05, 4.69) is 36.2 Å². The molecule has 0 unspecified atom stereocenters. The Labute approximate surface area is 155 Å². The van der Waals surface area contributed by atoms with Gasteiger partial charge in [0.15, 0.2) is 0 Å². The van der Waals surface area contributed by atoms with Crippen LogP contribution in [0.5, 0.6) is 0 Å². The SMILES string of the molecule is CCN(CC)Cc1cccc(NC(=O)C2(c3ccc(Cl)cc3)CC2)c1. The summed E-state index contributed by atoms with van der Waals surface area (Å²) in [6.07, 6.45) is 1.78. The monoisotopic (exact) mass is 356 g/mol. The predicted molar refractivity (Wildman–Crippen MR) is 104 cm³/mol. The molecule has 0 aromatic heterocycles. The summed E-state index contributed by atoms with van der Waals surface area (Å²) >= 11 is 5.97. The molecule has 25 heavy (non-hydrogen) atoms. The number of hydrogen-bond acceptors (Lipinski definition) is 2. The van der Waals surface area contributed by atoms with E-state index >= 15 is 0 Å². The van der Waals surface area contributed by atoms with Crippen molar-refractivity contribution in [3.63, 3.8) is 0 Å². The van der Waals surface area contributed by atoms with Crippen LogP contribution in [0.3, 0.4) is 0 Å². The number of hydrogen-bond donors (Lipinski definition) is 1. The molecule has 1 saturated carbocycles. The largest absolute Gasteiger partial charge is 0.325 e. The minimum Gasteiger partial charge on any atom is -0.325 e. The maximum atomic E-state index is 12.9. The van der Waals surface area contributed by atoms with E-state index in [1.54, 1.807) is 0 Å². The normalized spacial score (nSPS) is 15.2. The summed E-state index contributed by atoms with van der Waals surface area (Å²) in [4.78, 5) is 15.2. The van der Waals surface area contributed by atoms with E-state index in [0.29, 0.717) is 5.02 Å². The lowest BCUT2D eigenvalue weighted by molar-refractivity contribution is -0.118. The van der Waals surface area contributed by atoms with Gasteiger partial charge >= 0.3 is 0 Å². The molecule has 2 aromatic rings. The molecule has 0 saturated heterocycles. The molecule has 132 valence electrons. The maximum Gasteiger partial charge on any atom is 0.235 e. The van der Waals surface area contributed by atoms with Crippen LogP contribution in [0.2, 0.25) is 5.02 Å². The van der Waals surface area contributed by atoms with Gasteiger partial charge in [0.25, 0.3) is 0 Å². The summed E-state index contributed by atoms with van der Waals surface area (Å²) in [5, 5.41) is 3.82. The van der Waals surface area contributed by atoms with Gasteiger partial charge in [-0.2, -0.15) is 0 Å². The summed E-state index contributed by atoms with van der Waals surface area (Å²) in [5.74, 6) is 0.0785. The molecule has 1 fully saturated rings. The van der Waals surface area contributed by atoms with Crippen LogP contribution in [0.15, 0.2) is 48.5 Å². The van der Waals surface area contributed by atoms with Crippen molar-refractivity contribution in [3.05, 3.63) is 64.7 Å². The Kier molecular flexibility index (Phi) is 5.45. The highest BCUT2D eigenvalue weighted by Gasteiger charge is 2.51. The Hall–Kier alpha value is -1.84. The highest BCUT2D eigenvalue weighted by atomic mass is 35.5. The van der Waals surface area contributed by atoms with Crippen molar-refractivity contribution in [1.82, 2.24) is 4.90 Å². The molecule has 1 aliphatic rings. The van der Waals surface area contributed by atoms with Crippen molar-refractivity contribution in [3.8, 4) is 0 Å². The number of rotatable bonds is 7. The van der Waals surface area contributed by atoms with Gasteiger partial charge in [-0.25, -0.2) is 0 Å². The molecule has 3 rings (SSSR count). The zero-order valence-electron chi connectivity index (χ0n) is 14.9. The molecular formula is C21H25ClN2O. The number of anilines is 1. The van der Waals surface area contributed by atoms with Crippen molar-refractivity contribution in [2.75, 3.05) is 18.4 Å². The number of amides is 1. The van der Waals surface area contributed by atoms with Gasteiger partial charge in [0.05, 0.1) is 5.41 Å². The van der Waals surface area contributed by atoms with Crippen LogP contribution in [0.4, 0.5) is 5.69 Å². The fourth-order valence-corrected chi connectivity index (χ4v) is 3.37. The van der Waals surface area contributed by atoms with Crippen LogP contribution in [0, 0.1) is 0 Å². The number of carbonyl (C=O) groups excluding carboxylic acids is 1. The summed E-state index contributed by atoms with van der Waals surface area (Å²) in [6, 6.07) is 15.8. The van der Waals surface area contributed by atoms with Crippen LogP contribution in [0.25, 0.3) is 0 Å². The number of nitrogens with one attached hydrogen (secondary N) is 1. The second-order valence-corrected chi connectivity index (χ2v) is 7.14. The van der Waals surface area contributed by atoms with Crippen LogP contribution < -0.4 is 5.32 Å². The number of carbonyl (C=O) groups is 1. The molecule has 0 atom stereocenters. The van der Waals surface area contributed by atoms with E-state index in [-0.39, 0.29) is 11.3 Å². The topological polar surface area (TPSA) is 32.3 Å². The third-order valence-corrected chi connectivity index (χ3v) is 5.32. The highest BCUT2D eigenvalue weighted by Crippen LogP contribution is 2.49. The predicted octanol–water partition coefficient (Wildman–Crippen LogP) is 4.85. The highest BCUT2D eigenvalue weighted by molar-refractivity contribution is 6.30. The zero-order chi connectivity index (χ0) is 17.9. The first kappa shape index (κ1) is 18.0. The van der Waals surface area contributed by atoms with Gasteiger partial charge in [0.1, 0.15) is 0 Å². The molecule has 3 nitrogen and oxygen atoms in total. The summed E-state index contributed by atoms with van der Waals surface area (Å²) in [5.41, 5.74) is 2.75. The zero-order valence-corrected chi connectivity index (χ0v) is 15.6. The van der Waals surface area contributed by atoms with Crippen LogP contribution in [-0.4, -0.2) is 23.9 Å². The van der Waals surface area contributed by atoms with Crippen LogP contribution >= 0.6 is 11.6 Å². The molecule has 0 radical (unpaired) electrons. The average molecular weight is 357 g/mol. The van der Waals surface area contributed by atoms with E-state index in [1.807, 2.05) is 36.4 Å². The fourth-order valence-electron chi connectivity index (χ4n) is 3.24. The lowest BCUT2D eigenvalue weighted by Gasteiger charge is -2.19. The van der Waals surface area contributed by atoms with Gasteiger partial charge in [0.2, 0.25) is 5.91 Å². The lowest BCUT2D eigenvalue weighted by Crippen LogP contribution is -2.28. The third kappa shape index (κ3) is 4.05. The number of benzene rings is 2. The van der Waals surface area contributed by atoms with E-state index in [0.717, 1.165) is 43.7 Å². The Morgan fingerprint density at radius 1 is 1.12 bits per heavy atom. The molecule has 0 heterocycles. The minimum absolute atomic E-state index is 0.0785. The molecule has 1 aliphatic carbocycles. The van der Waals surface area contributed by atoms with Gasteiger partial charge in [-0.3, -0.25) is 9.69 Å². The van der Waals surface area contributed by atoms with E-state index in [1.165, 1.54) is 5.56 Å². The second kappa shape index (κ2) is 7.59. The summed E-state index contributed by atoms with van der Waals surface area (Å²) in [6.45, 7) is 7.27. The quantitative estimate of drug-likeness (QED) is 0.768. The summed E-state index contributed by atoms with van der Waals surface area (Å²) in [7, 11) is 0. The lowest BCUT2D eigenvalue weighted by atomic mass is 9.95. The van der Waals surface area contributed by atoms with Gasteiger partial charge < -0.3 is 5.32 Å². The molecule has 4 heteroatoms. The van der Waals surface area contributed by atoms with E-state index in [9.17, 15) is 4.79 Å². The smallest absolute Gasteiger partial charge is 0.235 e. The molecule has 2 aromatic carbocycles. The molecule has 1 N–H and O–H groups in total. The average Bonchev–Trinajstić information content (AvgIpc) is 3.42. The first-order chi connectivity index (χ1) is 12.1.